The van der Waals surface area contributed by atoms with Gasteiger partial charge in [-0.25, -0.2) is 8.42 Å². The molecule has 128 valence electrons. The van der Waals surface area contributed by atoms with Crippen LogP contribution in [0.25, 0.3) is 10.9 Å². The Labute approximate surface area is 144 Å². The zero-order chi connectivity index (χ0) is 17.7. The smallest absolute Gasteiger partial charge is 0.251 e. The molecule has 3 rings (SSSR count). The Morgan fingerprint density at radius 2 is 1.83 bits per heavy atom. The van der Waals surface area contributed by atoms with E-state index in [1.54, 1.807) is 18.2 Å². The monoisotopic (exact) mass is 387 g/mol. The normalized spacial score (nSPS) is 13.0. The van der Waals surface area contributed by atoms with Gasteiger partial charge in [-0.2, -0.15) is 17.6 Å². The molecule has 0 unspecified atom stereocenters. The molecule has 0 aliphatic carbocycles. The van der Waals surface area contributed by atoms with E-state index >= 15 is 0 Å². The van der Waals surface area contributed by atoms with Crippen molar-refractivity contribution in [3.05, 3.63) is 47.9 Å². The van der Waals surface area contributed by atoms with E-state index < -0.39 is 25.3 Å². The van der Waals surface area contributed by atoms with Crippen LogP contribution in [0.5, 0.6) is 0 Å². The lowest BCUT2D eigenvalue weighted by Crippen LogP contribution is -2.21. The van der Waals surface area contributed by atoms with Crippen molar-refractivity contribution in [2.75, 3.05) is 0 Å². The van der Waals surface area contributed by atoms with Crippen molar-refractivity contribution < 1.29 is 16.8 Å². The number of nitrogens with zero attached hydrogens (tertiary/aromatic N) is 3. The molecule has 1 aromatic carbocycles. The van der Waals surface area contributed by atoms with Crippen molar-refractivity contribution in [2.45, 2.75) is 24.0 Å². The maximum atomic E-state index is 12.8. The molecule has 0 amide bonds. The first-order valence-electron chi connectivity index (χ1n) is 6.96. The Balaban J connectivity index is 2.15. The first-order chi connectivity index (χ1) is 11.2. The number of hydrogen-bond donors (Lipinski definition) is 0. The molecule has 2 aromatic heterocycles. The number of fused-ring (bicyclic) bond motifs is 1. The highest BCUT2D eigenvalue weighted by atomic mass is 35.5. The van der Waals surface area contributed by atoms with Gasteiger partial charge in [0.25, 0.3) is 10.0 Å². The van der Waals surface area contributed by atoms with Crippen LogP contribution in [0.3, 0.4) is 0 Å². The van der Waals surface area contributed by atoms with Crippen LogP contribution < -0.4 is 0 Å². The van der Waals surface area contributed by atoms with Crippen LogP contribution in [0.1, 0.15) is 13.8 Å². The molecule has 10 heteroatoms. The van der Waals surface area contributed by atoms with Gasteiger partial charge in [-0.05, 0) is 32.0 Å². The van der Waals surface area contributed by atoms with Gasteiger partial charge in [0.15, 0.2) is 0 Å². The van der Waals surface area contributed by atoms with Gasteiger partial charge in [-0.1, -0.05) is 17.7 Å². The fourth-order valence-corrected chi connectivity index (χ4v) is 4.73. The number of benzene rings is 1. The predicted molar refractivity (Wildman–Crippen MR) is 91.2 cm³/mol. The summed E-state index contributed by atoms with van der Waals surface area (Å²) in [6.07, 6.45) is 3.64. The van der Waals surface area contributed by atoms with Crippen molar-refractivity contribution in [1.29, 1.82) is 0 Å². The number of rotatable bonds is 4. The summed E-state index contributed by atoms with van der Waals surface area (Å²) in [5.41, 5.74) is 0.321. The minimum Gasteiger partial charge on any atom is -0.251 e. The summed E-state index contributed by atoms with van der Waals surface area (Å²) in [4.78, 5) is -0.170. The SMILES string of the molecule is CC(C)S(=O)(=O)n1ccc(S(=O)(=O)n2ncc3c(Cl)cccc32)c1. The van der Waals surface area contributed by atoms with Crippen molar-refractivity contribution in [3.8, 4) is 0 Å². The zero-order valence-corrected chi connectivity index (χ0v) is 15.2. The summed E-state index contributed by atoms with van der Waals surface area (Å²) in [5, 5.41) is 4.10. The van der Waals surface area contributed by atoms with Crippen molar-refractivity contribution >= 4 is 42.6 Å². The minimum absolute atomic E-state index is 0.170. The molecule has 0 spiro atoms. The molecule has 0 bridgehead atoms. The lowest BCUT2D eigenvalue weighted by Gasteiger charge is -2.08. The summed E-state index contributed by atoms with van der Waals surface area (Å²) >= 11 is 6.03. The van der Waals surface area contributed by atoms with Crippen molar-refractivity contribution in [2.24, 2.45) is 0 Å². The first-order valence-corrected chi connectivity index (χ1v) is 10.3. The van der Waals surface area contributed by atoms with Gasteiger partial charge in [0.2, 0.25) is 10.0 Å². The fourth-order valence-electron chi connectivity index (χ4n) is 2.20. The average Bonchev–Trinajstić information content (AvgIpc) is 3.15. The topological polar surface area (TPSA) is 91.0 Å². The summed E-state index contributed by atoms with van der Waals surface area (Å²) < 4.78 is 51.6. The van der Waals surface area contributed by atoms with E-state index in [0.29, 0.717) is 15.9 Å². The van der Waals surface area contributed by atoms with E-state index in [-0.39, 0.29) is 4.90 Å². The maximum absolute atomic E-state index is 12.8. The zero-order valence-electron chi connectivity index (χ0n) is 12.8. The highest BCUT2D eigenvalue weighted by Crippen LogP contribution is 2.26. The van der Waals surface area contributed by atoms with Gasteiger partial charge in [0.1, 0.15) is 4.90 Å². The Kier molecular flexibility index (Phi) is 3.97. The summed E-state index contributed by atoms with van der Waals surface area (Å²) in [7, 11) is -7.68. The molecule has 2 heterocycles. The van der Waals surface area contributed by atoms with Crippen molar-refractivity contribution in [3.63, 3.8) is 0 Å². The molecular weight excluding hydrogens is 374 g/mol. The molecule has 0 N–H and O–H groups in total. The van der Waals surface area contributed by atoms with Gasteiger partial charge < -0.3 is 0 Å². The van der Waals surface area contributed by atoms with Gasteiger partial charge in [0.05, 0.1) is 22.0 Å². The van der Waals surface area contributed by atoms with Crippen LogP contribution in [-0.4, -0.2) is 35.2 Å². The largest absolute Gasteiger partial charge is 0.285 e. The average molecular weight is 388 g/mol. The molecule has 0 aliphatic rings. The van der Waals surface area contributed by atoms with E-state index in [0.717, 1.165) is 14.3 Å². The highest BCUT2D eigenvalue weighted by Gasteiger charge is 2.25. The molecule has 0 radical (unpaired) electrons. The second kappa shape index (κ2) is 5.61. The molecule has 7 nitrogen and oxygen atoms in total. The molecular formula is C14H14ClN3O4S2. The van der Waals surface area contributed by atoms with Gasteiger partial charge in [-0.15, -0.1) is 0 Å². The van der Waals surface area contributed by atoms with Gasteiger partial charge >= 0.3 is 0 Å². The lowest BCUT2D eigenvalue weighted by atomic mass is 10.3. The van der Waals surface area contributed by atoms with Crippen LogP contribution in [0.15, 0.2) is 47.8 Å². The highest BCUT2D eigenvalue weighted by molar-refractivity contribution is 7.91. The molecule has 0 saturated heterocycles. The molecule has 24 heavy (non-hydrogen) atoms. The second-order valence-electron chi connectivity index (χ2n) is 5.44. The van der Waals surface area contributed by atoms with Crippen LogP contribution in [0, 0.1) is 0 Å². The van der Waals surface area contributed by atoms with Crippen LogP contribution in [0.2, 0.25) is 5.02 Å². The van der Waals surface area contributed by atoms with E-state index in [2.05, 4.69) is 5.10 Å². The predicted octanol–water partition coefficient (Wildman–Crippen LogP) is 2.31. The minimum atomic E-state index is -4.04. The molecule has 0 aliphatic heterocycles. The van der Waals surface area contributed by atoms with E-state index in [9.17, 15) is 16.8 Å². The van der Waals surface area contributed by atoms with E-state index in [1.165, 1.54) is 32.3 Å². The molecule has 0 atom stereocenters. The third-order valence-electron chi connectivity index (χ3n) is 3.58. The third-order valence-corrected chi connectivity index (χ3v) is 7.50. The van der Waals surface area contributed by atoms with E-state index in [1.807, 2.05) is 0 Å². The third kappa shape index (κ3) is 2.52. The number of halogens is 1. The molecule has 3 aromatic rings. The van der Waals surface area contributed by atoms with Crippen molar-refractivity contribution in [1.82, 2.24) is 13.2 Å². The van der Waals surface area contributed by atoms with Crippen LogP contribution in [-0.2, 0) is 20.0 Å². The Bertz CT molecular complexity index is 1130. The fraction of sp³-hybridized carbons (Fsp3) is 0.214. The van der Waals surface area contributed by atoms with Crippen LogP contribution in [0.4, 0.5) is 0 Å². The summed E-state index contributed by atoms with van der Waals surface area (Å²) in [6, 6.07) is 6.06. The standard InChI is InChI=1S/C14H14ClN3O4S2/c1-10(2)23(19,20)17-7-6-11(9-17)24(21,22)18-14-5-3-4-13(15)12(14)8-16-18/h3-10H,1-2H3. The Hall–Kier alpha value is -1.84. The summed E-state index contributed by atoms with van der Waals surface area (Å²) in [5.74, 6) is 0. The quantitative estimate of drug-likeness (QED) is 0.685. The van der Waals surface area contributed by atoms with Crippen LogP contribution >= 0.6 is 11.6 Å². The number of hydrogen-bond acceptors (Lipinski definition) is 5. The second-order valence-corrected chi connectivity index (χ2v) is 10.0. The Morgan fingerprint density at radius 1 is 1.12 bits per heavy atom. The molecule has 0 fully saturated rings. The van der Waals surface area contributed by atoms with E-state index in [4.69, 9.17) is 11.6 Å². The first kappa shape index (κ1) is 17.0. The van der Waals surface area contributed by atoms with Gasteiger partial charge in [0, 0.05) is 17.8 Å². The lowest BCUT2D eigenvalue weighted by molar-refractivity contribution is 0.577. The number of aromatic nitrogens is 3. The maximum Gasteiger partial charge on any atom is 0.285 e. The van der Waals surface area contributed by atoms with Gasteiger partial charge in [-0.3, -0.25) is 3.97 Å². The molecule has 0 saturated carbocycles. The Morgan fingerprint density at radius 3 is 2.50 bits per heavy atom. The summed E-state index contributed by atoms with van der Waals surface area (Å²) in [6.45, 7) is 3.04.